The third-order valence-electron chi connectivity index (χ3n) is 1.73. The highest BCUT2D eigenvalue weighted by Gasteiger charge is 2.04. The average Bonchev–Trinajstić information content (AvgIpc) is 2.19. The van der Waals surface area contributed by atoms with Gasteiger partial charge in [0, 0.05) is 11.1 Å². The lowest BCUT2D eigenvalue weighted by atomic mass is 10.3. The van der Waals surface area contributed by atoms with Crippen LogP contribution in [-0.2, 0) is 0 Å². The van der Waals surface area contributed by atoms with Gasteiger partial charge in [0.25, 0.3) is 0 Å². The Morgan fingerprint density at radius 2 is 2.14 bits per heavy atom. The molecule has 0 heterocycles. The molecule has 1 aromatic carbocycles. The molecule has 1 aromatic rings. The lowest BCUT2D eigenvalue weighted by molar-refractivity contribution is 0.291. The van der Waals surface area contributed by atoms with Crippen LogP contribution in [0.25, 0.3) is 0 Å². The van der Waals surface area contributed by atoms with E-state index in [0.717, 1.165) is 6.42 Å². The molecular formula is C10H14ClNO2. The van der Waals surface area contributed by atoms with Gasteiger partial charge in [-0.15, -0.1) is 0 Å². The van der Waals surface area contributed by atoms with Gasteiger partial charge < -0.3 is 15.2 Å². The smallest absolute Gasteiger partial charge is 0.162 e. The molecule has 0 atom stereocenters. The predicted molar refractivity (Wildman–Crippen MR) is 57.2 cm³/mol. The second kappa shape index (κ2) is 5.73. The fourth-order valence-electron chi connectivity index (χ4n) is 1.03. The highest BCUT2D eigenvalue weighted by atomic mass is 35.5. The first kappa shape index (κ1) is 11.1. The molecular weight excluding hydrogens is 202 g/mol. The zero-order valence-corrected chi connectivity index (χ0v) is 8.88. The predicted octanol–water partition coefficient (Wildman–Crippen LogP) is 2.08. The van der Waals surface area contributed by atoms with E-state index in [1.54, 1.807) is 25.3 Å². The average molecular weight is 216 g/mol. The molecule has 0 aliphatic rings. The standard InChI is InChI=1S/C10H14ClNO2/c1-13-9-4-3-8(11)7-10(9)14-6-2-5-12/h3-4,7H,2,5-6,12H2,1H3. The molecule has 2 N–H and O–H groups in total. The maximum Gasteiger partial charge on any atom is 0.162 e. The Hall–Kier alpha value is -0.930. The van der Waals surface area contributed by atoms with Crippen molar-refractivity contribution in [2.24, 2.45) is 5.73 Å². The number of benzene rings is 1. The molecule has 3 nitrogen and oxygen atoms in total. The van der Waals surface area contributed by atoms with Crippen LogP contribution < -0.4 is 15.2 Å². The Kier molecular flexibility index (Phi) is 4.56. The topological polar surface area (TPSA) is 44.5 Å². The van der Waals surface area contributed by atoms with E-state index in [2.05, 4.69) is 0 Å². The summed E-state index contributed by atoms with van der Waals surface area (Å²) in [5, 5.41) is 0.633. The molecule has 0 saturated heterocycles. The second-order valence-corrected chi connectivity index (χ2v) is 3.22. The van der Waals surface area contributed by atoms with Crippen LogP contribution in [0.2, 0.25) is 5.02 Å². The largest absolute Gasteiger partial charge is 0.493 e. The van der Waals surface area contributed by atoms with E-state index in [4.69, 9.17) is 26.8 Å². The van der Waals surface area contributed by atoms with Gasteiger partial charge in [-0.2, -0.15) is 0 Å². The Morgan fingerprint density at radius 3 is 2.79 bits per heavy atom. The number of rotatable bonds is 5. The van der Waals surface area contributed by atoms with E-state index < -0.39 is 0 Å². The third-order valence-corrected chi connectivity index (χ3v) is 1.97. The van der Waals surface area contributed by atoms with Crippen LogP contribution in [0.5, 0.6) is 11.5 Å². The van der Waals surface area contributed by atoms with Crippen molar-refractivity contribution < 1.29 is 9.47 Å². The lowest BCUT2D eigenvalue weighted by Gasteiger charge is -2.10. The number of hydrogen-bond donors (Lipinski definition) is 1. The maximum absolute atomic E-state index is 5.83. The van der Waals surface area contributed by atoms with Crippen molar-refractivity contribution in [3.05, 3.63) is 23.2 Å². The lowest BCUT2D eigenvalue weighted by Crippen LogP contribution is -2.06. The van der Waals surface area contributed by atoms with Gasteiger partial charge in [0.05, 0.1) is 13.7 Å². The van der Waals surface area contributed by atoms with Crippen molar-refractivity contribution in [3.8, 4) is 11.5 Å². The van der Waals surface area contributed by atoms with Gasteiger partial charge in [-0.3, -0.25) is 0 Å². The van der Waals surface area contributed by atoms with E-state index in [-0.39, 0.29) is 0 Å². The molecule has 0 bridgehead atoms. The molecule has 0 saturated carbocycles. The fourth-order valence-corrected chi connectivity index (χ4v) is 1.19. The zero-order chi connectivity index (χ0) is 10.4. The first-order valence-corrected chi connectivity index (χ1v) is 4.82. The van der Waals surface area contributed by atoms with Gasteiger partial charge in [-0.1, -0.05) is 11.6 Å². The summed E-state index contributed by atoms with van der Waals surface area (Å²) in [6, 6.07) is 5.27. The number of halogens is 1. The molecule has 4 heteroatoms. The zero-order valence-electron chi connectivity index (χ0n) is 8.13. The number of nitrogens with two attached hydrogens (primary N) is 1. The molecule has 0 aromatic heterocycles. The Morgan fingerprint density at radius 1 is 1.36 bits per heavy atom. The highest BCUT2D eigenvalue weighted by Crippen LogP contribution is 2.29. The first-order valence-electron chi connectivity index (χ1n) is 4.44. The van der Waals surface area contributed by atoms with Gasteiger partial charge in [0.15, 0.2) is 11.5 Å². The van der Waals surface area contributed by atoms with E-state index in [0.29, 0.717) is 29.7 Å². The van der Waals surface area contributed by atoms with E-state index in [1.165, 1.54) is 0 Å². The summed E-state index contributed by atoms with van der Waals surface area (Å²) in [5.41, 5.74) is 5.36. The molecule has 0 unspecified atom stereocenters. The van der Waals surface area contributed by atoms with Crippen LogP contribution in [0.4, 0.5) is 0 Å². The minimum atomic E-state index is 0.577. The molecule has 0 fully saturated rings. The number of hydrogen-bond acceptors (Lipinski definition) is 3. The van der Waals surface area contributed by atoms with Crippen molar-refractivity contribution in [1.82, 2.24) is 0 Å². The monoisotopic (exact) mass is 215 g/mol. The van der Waals surface area contributed by atoms with Crippen LogP contribution in [-0.4, -0.2) is 20.3 Å². The summed E-state index contributed by atoms with van der Waals surface area (Å²) in [6.07, 6.45) is 0.815. The summed E-state index contributed by atoms with van der Waals surface area (Å²) >= 11 is 5.83. The van der Waals surface area contributed by atoms with Crippen LogP contribution in [0, 0.1) is 0 Å². The van der Waals surface area contributed by atoms with Gasteiger partial charge in [-0.05, 0) is 25.1 Å². The van der Waals surface area contributed by atoms with Crippen molar-refractivity contribution in [2.75, 3.05) is 20.3 Å². The van der Waals surface area contributed by atoms with Crippen molar-refractivity contribution in [3.63, 3.8) is 0 Å². The van der Waals surface area contributed by atoms with Crippen molar-refractivity contribution in [2.45, 2.75) is 6.42 Å². The van der Waals surface area contributed by atoms with E-state index in [1.807, 2.05) is 0 Å². The maximum atomic E-state index is 5.83. The fraction of sp³-hybridized carbons (Fsp3) is 0.400. The molecule has 0 aliphatic heterocycles. The van der Waals surface area contributed by atoms with Crippen LogP contribution in [0.3, 0.4) is 0 Å². The number of ether oxygens (including phenoxy) is 2. The van der Waals surface area contributed by atoms with Gasteiger partial charge in [0.1, 0.15) is 0 Å². The Bertz CT molecular complexity index is 291. The molecule has 0 radical (unpaired) electrons. The molecule has 78 valence electrons. The quantitative estimate of drug-likeness (QED) is 0.765. The number of methoxy groups -OCH3 is 1. The molecule has 0 amide bonds. The summed E-state index contributed by atoms with van der Waals surface area (Å²) in [4.78, 5) is 0. The molecule has 14 heavy (non-hydrogen) atoms. The highest BCUT2D eigenvalue weighted by molar-refractivity contribution is 6.30. The van der Waals surface area contributed by atoms with Gasteiger partial charge in [-0.25, -0.2) is 0 Å². The van der Waals surface area contributed by atoms with Crippen molar-refractivity contribution in [1.29, 1.82) is 0 Å². The van der Waals surface area contributed by atoms with Crippen molar-refractivity contribution >= 4 is 11.6 Å². The van der Waals surface area contributed by atoms with E-state index in [9.17, 15) is 0 Å². The normalized spacial score (nSPS) is 9.93. The minimum Gasteiger partial charge on any atom is -0.493 e. The second-order valence-electron chi connectivity index (χ2n) is 2.79. The summed E-state index contributed by atoms with van der Waals surface area (Å²) in [7, 11) is 1.60. The van der Waals surface area contributed by atoms with Gasteiger partial charge >= 0.3 is 0 Å². The SMILES string of the molecule is COc1ccc(Cl)cc1OCCCN. The Balaban J connectivity index is 2.67. The summed E-state index contributed by atoms with van der Waals surface area (Å²) in [5.74, 6) is 1.35. The minimum absolute atomic E-state index is 0.577. The molecule has 1 rings (SSSR count). The molecule has 0 aliphatic carbocycles. The van der Waals surface area contributed by atoms with E-state index >= 15 is 0 Å². The van der Waals surface area contributed by atoms with Gasteiger partial charge in [0.2, 0.25) is 0 Å². The summed E-state index contributed by atoms with van der Waals surface area (Å²) in [6.45, 7) is 1.19. The Labute approximate surface area is 88.8 Å². The van der Waals surface area contributed by atoms with Crippen LogP contribution in [0.15, 0.2) is 18.2 Å². The third kappa shape index (κ3) is 3.09. The molecule has 0 spiro atoms. The first-order chi connectivity index (χ1) is 6.77. The van der Waals surface area contributed by atoms with Crippen LogP contribution >= 0.6 is 11.6 Å². The summed E-state index contributed by atoms with van der Waals surface area (Å²) < 4.78 is 10.6. The van der Waals surface area contributed by atoms with Crippen LogP contribution in [0.1, 0.15) is 6.42 Å².